The molecule has 0 aliphatic heterocycles. The first-order chi connectivity index (χ1) is 10.1. The molecule has 1 saturated carbocycles. The van der Waals surface area contributed by atoms with E-state index in [0.717, 1.165) is 25.0 Å². The van der Waals surface area contributed by atoms with Crippen LogP contribution < -0.4 is 5.32 Å². The van der Waals surface area contributed by atoms with E-state index in [4.69, 9.17) is 4.74 Å². The van der Waals surface area contributed by atoms with Crippen molar-refractivity contribution >= 4 is 0 Å². The first-order valence-corrected chi connectivity index (χ1v) is 9.45. The zero-order valence-electron chi connectivity index (χ0n) is 15.2. The minimum absolute atomic E-state index is 0.0869. The van der Waals surface area contributed by atoms with E-state index in [2.05, 4.69) is 39.9 Å². The molecule has 0 saturated heterocycles. The van der Waals surface area contributed by atoms with E-state index in [9.17, 15) is 0 Å². The van der Waals surface area contributed by atoms with Crippen LogP contribution in [0.1, 0.15) is 86.0 Å². The summed E-state index contributed by atoms with van der Waals surface area (Å²) in [7, 11) is 0. The summed E-state index contributed by atoms with van der Waals surface area (Å²) in [4.78, 5) is 0. The summed E-state index contributed by atoms with van der Waals surface area (Å²) in [5, 5.41) is 3.85. The van der Waals surface area contributed by atoms with Crippen LogP contribution in [-0.4, -0.2) is 24.8 Å². The molecule has 1 aliphatic rings. The lowest BCUT2D eigenvalue weighted by Gasteiger charge is -2.46. The van der Waals surface area contributed by atoms with Crippen LogP contribution in [0.25, 0.3) is 0 Å². The number of hydrogen-bond donors (Lipinski definition) is 1. The van der Waals surface area contributed by atoms with Gasteiger partial charge in [-0.1, -0.05) is 53.4 Å². The van der Waals surface area contributed by atoms with E-state index < -0.39 is 0 Å². The maximum atomic E-state index is 6.42. The third-order valence-electron chi connectivity index (χ3n) is 5.12. The van der Waals surface area contributed by atoms with Crippen LogP contribution in [0.2, 0.25) is 0 Å². The second-order valence-electron chi connectivity index (χ2n) is 7.34. The van der Waals surface area contributed by atoms with Crippen LogP contribution in [0.4, 0.5) is 0 Å². The van der Waals surface area contributed by atoms with Crippen LogP contribution in [-0.2, 0) is 4.74 Å². The first kappa shape index (κ1) is 19.0. The first-order valence-electron chi connectivity index (χ1n) is 9.45. The van der Waals surface area contributed by atoms with Gasteiger partial charge in [-0.2, -0.15) is 0 Å². The van der Waals surface area contributed by atoms with Crippen LogP contribution in [0, 0.1) is 11.8 Å². The van der Waals surface area contributed by atoms with Gasteiger partial charge in [0.1, 0.15) is 0 Å². The molecule has 1 fully saturated rings. The van der Waals surface area contributed by atoms with Gasteiger partial charge in [-0.15, -0.1) is 0 Å². The summed E-state index contributed by atoms with van der Waals surface area (Å²) < 4.78 is 6.42. The Morgan fingerprint density at radius 3 is 2.57 bits per heavy atom. The van der Waals surface area contributed by atoms with Crippen molar-refractivity contribution in [3.63, 3.8) is 0 Å². The van der Waals surface area contributed by atoms with Crippen molar-refractivity contribution in [3.05, 3.63) is 0 Å². The predicted octanol–water partition coefficient (Wildman–Crippen LogP) is 5.17. The number of ether oxygens (including phenoxy) is 1. The van der Waals surface area contributed by atoms with E-state index in [1.807, 2.05) is 0 Å². The molecule has 21 heavy (non-hydrogen) atoms. The van der Waals surface area contributed by atoms with E-state index in [1.54, 1.807) is 0 Å². The van der Waals surface area contributed by atoms with Crippen LogP contribution >= 0.6 is 0 Å². The van der Waals surface area contributed by atoms with Crippen molar-refractivity contribution in [2.45, 2.75) is 97.6 Å². The second-order valence-corrected chi connectivity index (χ2v) is 7.34. The van der Waals surface area contributed by atoms with Crippen LogP contribution in [0.3, 0.4) is 0 Å². The van der Waals surface area contributed by atoms with Gasteiger partial charge in [-0.3, -0.25) is 0 Å². The fourth-order valence-electron chi connectivity index (χ4n) is 4.20. The molecule has 0 aromatic rings. The summed E-state index contributed by atoms with van der Waals surface area (Å²) in [5.74, 6) is 1.59. The summed E-state index contributed by atoms with van der Waals surface area (Å²) in [5.41, 5.74) is 0.0869. The minimum Gasteiger partial charge on any atom is -0.374 e. The molecule has 0 spiro atoms. The highest BCUT2D eigenvalue weighted by molar-refractivity contribution is 4.97. The van der Waals surface area contributed by atoms with Crippen molar-refractivity contribution in [2.75, 3.05) is 13.2 Å². The Balaban J connectivity index is 2.82. The lowest BCUT2D eigenvalue weighted by molar-refractivity contribution is -0.104. The molecule has 0 amide bonds. The monoisotopic (exact) mass is 297 g/mol. The molecule has 1 rings (SSSR count). The average molecular weight is 298 g/mol. The highest BCUT2D eigenvalue weighted by Gasteiger charge is 2.42. The van der Waals surface area contributed by atoms with Gasteiger partial charge in [0.05, 0.1) is 5.60 Å². The highest BCUT2D eigenvalue weighted by atomic mass is 16.5. The van der Waals surface area contributed by atoms with Crippen LogP contribution in [0.5, 0.6) is 0 Å². The Kier molecular flexibility index (Phi) is 8.89. The summed E-state index contributed by atoms with van der Waals surface area (Å²) >= 11 is 0. The molecule has 2 heteroatoms. The molecule has 1 aliphatic carbocycles. The topological polar surface area (TPSA) is 21.3 Å². The Morgan fingerprint density at radius 1 is 1.24 bits per heavy atom. The number of rotatable bonds is 10. The van der Waals surface area contributed by atoms with Crippen molar-refractivity contribution < 1.29 is 4.74 Å². The lowest BCUT2D eigenvalue weighted by atomic mass is 9.72. The molecule has 0 heterocycles. The normalized spacial score (nSPS) is 29.3. The molecule has 2 nitrogen and oxygen atoms in total. The quantitative estimate of drug-likeness (QED) is 0.601. The van der Waals surface area contributed by atoms with Crippen LogP contribution in [0.15, 0.2) is 0 Å². The average Bonchev–Trinajstić information content (AvgIpc) is 2.44. The largest absolute Gasteiger partial charge is 0.374 e. The molecule has 4 atom stereocenters. The number of hydrogen-bond acceptors (Lipinski definition) is 2. The van der Waals surface area contributed by atoms with Crippen molar-refractivity contribution in [1.82, 2.24) is 5.32 Å². The Labute approximate surface area is 133 Å². The van der Waals surface area contributed by atoms with Crippen molar-refractivity contribution in [1.29, 1.82) is 0 Å². The van der Waals surface area contributed by atoms with Gasteiger partial charge in [0.2, 0.25) is 0 Å². The molecular formula is C19H39NO. The van der Waals surface area contributed by atoms with Gasteiger partial charge in [0.15, 0.2) is 0 Å². The third-order valence-corrected chi connectivity index (χ3v) is 5.12. The van der Waals surface area contributed by atoms with Gasteiger partial charge >= 0.3 is 0 Å². The molecule has 126 valence electrons. The zero-order chi connectivity index (χ0) is 15.7. The fraction of sp³-hybridized carbons (Fsp3) is 1.00. The fourth-order valence-corrected chi connectivity index (χ4v) is 4.20. The molecule has 0 aromatic carbocycles. The smallest absolute Gasteiger partial charge is 0.0837 e. The van der Waals surface area contributed by atoms with E-state index in [0.29, 0.717) is 6.04 Å². The second kappa shape index (κ2) is 9.84. The van der Waals surface area contributed by atoms with Gasteiger partial charge in [0, 0.05) is 12.6 Å². The molecule has 4 unspecified atom stereocenters. The minimum atomic E-state index is 0.0869. The van der Waals surface area contributed by atoms with E-state index >= 15 is 0 Å². The third kappa shape index (κ3) is 5.90. The zero-order valence-corrected chi connectivity index (χ0v) is 15.2. The Morgan fingerprint density at radius 2 is 2.00 bits per heavy atom. The molecule has 1 N–H and O–H groups in total. The van der Waals surface area contributed by atoms with Gasteiger partial charge < -0.3 is 10.1 Å². The van der Waals surface area contributed by atoms with Gasteiger partial charge in [0.25, 0.3) is 0 Å². The SMILES string of the molecule is CCCNC(CC(C)CCC)C1(OCC)CCCC(C)C1. The van der Waals surface area contributed by atoms with E-state index in [-0.39, 0.29) is 5.60 Å². The van der Waals surface area contributed by atoms with Gasteiger partial charge in [-0.05, 0) is 51.0 Å². The summed E-state index contributed by atoms with van der Waals surface area (Å²) in [6.45, 7) is 13.5. The predicted molar refractivity (Wildman–Crippen MR) is 92.8 cm³/mol. The lowest BCUT2D eigenvalue weighted by Crippen LogP contribution is -2.55. The molecular weight excluding hydrogens is 258 g/mol. The van der Waals surface area contributed by atoms with Crippen molar-refractivity contribution in [2.24, 2.45) is 11.8 Å². The number of nitrogens with one attached hydrogen (secondary N) is 1. The molecule has 0 bridgehead atoms. The Hall–Kier alpha value is -0.0800. The molecule has 0 radical (unpaired) electrons. The summed E-state index contributed by atoms with van der Waals surface area (Å²) in [6, 6.07) is 0.529. The Bertz CT molecular complexity index is 264. The van der Waals surface area contributed by atoms with Gasteiger partial charge in [-0.25, -0.2) is 0 Å². The standard InChI is InChI=1S/C19H39NO/c1-6-10-16(4)14-18(20-13-7-2)19(21-8-3)12-9-11-17(5)15-19/h16-18,20H,6-15H2,1-5H3. The molecule has 0 aromatic heterocycles. The maximum Gasteiger partial charge on any atom is 0.0837 e. The maximum absolute atomic E-state index is 6.42. The highest BCUT2D eigenvalue weighted by Crippen LogP contribution is 2.39. The van der Waals surface area contributed by atoms with Crippen molar-refractivity contribution in [3.8, 4) is 0 Å². The van der Waals surface area contributed by atoms with E-state index in [1.165, 1.54) is 51.4 Å². The summed E-state index contributed by atoms with van der Waals surface area (Å²) in [6.07, 6.45) is 10.3.